The van der Waals surface area contributed by atoms with Crippen molar-refractivity contribution in [3.05, 3.63) is 29.6 Å². The van der Waals surface area contributed by atoms with E-state index in [1.54, 1.807) is 6.07 Å². The summed E-state index contributed by atoms with van der Waals surface area (Å²) < 4.78 is 19.5. The summed E-state index contributed by atoms with van der Waals surface area (Å²) in [5.74, 6) is 1.64. The van der Waals surface area contributed by atoms with Crippen molar-refractivity contribution >= 4 is 0 Å². The smallest absolute Gasteiger partial charge is 0.127 e. The van der Waals surface area contributed by atoms with Crippen LogP contribution in [0.5, 0.6) is 5.75 Å². The van der Waals surface area contributed by atoms with E-state index in [9.17, 15) is 4.39 Å². The molecule has 1 aliphatic carbocycles. The number of benzene rings is 1. The first-order chi connectivity index (χ1) is 9.31. The number of hydrogen-bond donors (Lipinski definition) is 1. The molecule has 0 bridgehead atoms. The van der Waals surface area contributed by atoms with Crippen molar-refractivity contribution in [3.63, 3.8) is 0 Å². The average Bonchev–Trinajstić information content (AvgIpc) is 2.37. The van der Waals surface area contributed by atoms with Crippen molar-refractivity contribution in [2.24, 2.45) is 5.92 Å². The van der Waals surface area contributed by atoms with E-state index in [0.717, 1.165) is 31.7 Å². The molecule has 2 fully saturated rings. The van der Waals surface area contributed by atoms with E-state index >= 15 is 0 Å². The first kappa shape index (κ1) is 12.9. The minimum absolute atomic E-state index is 0.174. The lowest BCUT2D eigenvalue weighted by atomic mass is 9.86. The van der Waals surface area contributed by atoms with Gasteiger partial charge < -0.3 is 10.1 Å². The van der Waals surface area contributed by atoms with Gasteiger partial charge in [0.2, 0.25) is 0 Å². The molecule has 1 atom stereocenters. The molecule has 1 saturated carbocycles. The maximum Gasteiger partial charge on any atom is 0.127 e. The lowest BCUT2D eigenvalue weighted by Crippen LogP contribution is -2.28. The van der Waals surface area contributed by atoms with E-state index < -0.39 is 0 Å². The molecule has 0 aromatic heterocycles. The molecule has 3 heteroatoms. The van der Waals surface area contributed by atoms with Crippen molar-refractivity contribution in [3.8, 4) is 5.75 Å². The van der Waals surface area contributed by atoms with Crippen molar-refractivity contribution in [2.75, 3.05) is 19.7 Å². The Kier molecular flexibility index (Phi) is 4.02. The van der Waals surface area contributed by atoms with Crippen LogP contribution in [0.4, 0.5) is 4.39 Å². The number of rotatable bonds is 4. The van der Waals surface area contributed by atoms with E-state index in [1.165, 1.54) is 31.7 Å². The monoisotopic (exact) mass is 263 g/mol. The summed E-state index contributed by atoms with van der Waals surface area (Å²) in [6.07, 6.45) is 6.14. The summed E-state index contributed by atoms with van der Waals surface area (Å²) in [7, 11) is 0. The molecular formula is C16H22FNO. The summed E-state index contributed by atoms with van der Waals surface area (Å²) >= 11 is 0. The van der Waals surface area contributed by atoms with E-state index in [0.29, 0.717) is 17.6 Å². The normalized spacial score (nSPS) is 23.9. The summed E-state index contributed by atoms with van der Waals surface area (Å²) in [5, 5.41) is 3.38. The number of nitrogens with one attached hydrogen (secondary N) is 1. The summed E-state index contributed by atoms with van der Waals surface area (Å²) in [5.41, 5.74) is 1.08. The lowest BCUT2D eigenvalue weighted by Gasteiger charge is -2.26. The van der Waals surface area contributed by atoms with Gasteiger partial charge in [-0.15, -0.1) is 0 Å². The minimum Gasteiger partial charge on any atom is -0.493 e. The van der Waals surface area contributed by atoms with Gasteiger partial charge >= 0.3 is 0 Å². The van der Waals surface area contributed by atoms with Crippen LogP contribution < -0.4 is 10.1 Å². The maximum atomic E-state index is 13.7. The van der Waals surface area contributed by atoms with Gasteiger partial charge in [-0.3, -0.25) is 0 Å². The van der Waals surface area contributed by atoms with Crippen LogP contribution in [0.15, 0.2) is 18.2 Å². The highest BCUT2D eigenvalue weighted by molar-refractivity contribution is 5.32. The minimum atomic E-state index is -0.174. The van der Waals surface area contributed by atoms with Crippen molar-refractivity contribution in [2.45, 2.75) is 38.0 Å². The second-order valence-corrected chi connectivity index (χ2v) is 5.87. The van der Waals surface area contributed by atoms with Gasteiger partial charge in [-0.25, -0.2) is 4.39 Å². The SMILES string of the molecule is Fc1cc(OCC2CCC2)cc(C2CCCNC2)c1. The topological polar surface area (TPSA) is 21.3 Å². The number of piperidine rings is 1. The van der Waals surface area contributed by atoms with Gasteiger partial charge in [-0.2, -0.15) is 0 Å². The Bertz CT molecular complexity index is 425. The highest BCUT2D eigenvalue weighted by Gasteiger charge is 2.19. The highest BCUT2D eigenvalue weighted by atomic mass is 19.1. The van der Waals surface area contributed by atoms with Crippen LogP contribution in [-0.2, 0) is 0 Å². The Morgan fingerprint density at radius 2 is 2.05 bits per heavy atom. The third-order valence-electron chi connectivity index (χ3n) is 4.37. The van der Waals surface area contributed by atoms with Gasteiger partial charge in [0.25, 0.3) is 0 Å². The zero-order chi connectivity index (χ0) is 13.1. The zero-order valence-electron chi connectivity index (χ0n) is 11.3. The van der Waals surface area contributed by atoms with Crippen LogP contribution in [0, 0.1) is 11.7 Å². The van der Waals surface area contributed by atoms with Crippen LogP contribution in [0.1, 0.15) is 43.6 Å². The number of halogens is 1. The molecule has 1 N–H and O–H groups in total. The molecule has 1 heterocycles. The summed E-state index contributed by atoms with van der Waals surface area (Å²) in [4.78, 5) is 0. The molecule has 3 rings (SSSR count). The highest BCUT2D eigenvalue weighted by Crippen LogP contribution is 2.30. The molecular weight excluding hydrogens is 241 g/mol. The van der Waals surface area contributed by atoms with Crippen LogP contribution >= 0.6 is 0 Å². The fraction of sp³-hybridized carbons (Fsp3) is 0.625. The molecule has 1 aromatic rings. The fourth-order valence-corrected chi connectivity index (χ4v) is 2.91. The van der Waals surface area contributed by atoms with E-state index in [-0.39, 0.29) is 5.82 Å². The Labute approximate surface area is 114 Å². The largest absolute Gasteiger partial charge is 0.493 e. The molecule has 1 unspecified atom stereocenters. The average molecular weight is 263 g/mol. The molecule has 0 amide bonds. The van der Waals surface area contributed by atoms with Crippen molar-refractivity contribution in [1.29, 1.82) is 0 Å². The van der Waals surface area contributed by atoms with Gasteiger partial charge in [0.1, 0.15) is 11.6 Å². The molecule has 104 valence electrons. The standard InChI is InChI=1S/C16H22FNO/c17-15-7-14(13-5-2-6-18-10-13)8-16(9-15)19-11-12-3-1-4-12/h7-9,12-13,18H,1-6,10-11H2. The third-order valence-corrected chi connectivity index (χ3v) is 4.37. The van der Waals surface area contributed by atoms with E-state index in [4.69, 9.17) is 4.74 Å². The van der Waals surface area contributed by atoms with Gasteiger partial charge in [0.05, 0.1) is 6.61 Å². The molecule has 2 aliphatic rings. The predicted molar refractivity (Wildman–Crippen MR) is 74.1 cm³/mol. The van der Waals surface area contributed by atoms with Crippen LogP contribution in [0.25, 0.3) is 0 Å². The quantitative estimate of drug-likeness (QED) is 0.898. The number of ether oxygens (including phenoxy) is 1. The van der Waals surface area contributed by atoms with Crippen LogP contribution in [-0.4, -0.2) is 19.7 Å². The van der Waals surface area contributed by atoms with E-state index in [1.807, 2.05) is 6.07 Å². The maximum absolute atomic E-state index is 13.7. The first-order valence-electron chi connectivity index (χ1n) is 7.45. The zero-order valence-corrected chi connectivity index (χ0v) is 11.3. The molecule has 1 aromatic carbocycles. The van der Waals surface area contributed by atoms with Crippen LogP contribution in [0.2, 0.25) is 0 Å². The molecule has 1 aliphatic heterocycles. The van der Waals surface area contributed by atoms with E-state index in [2.05, 4.69) is 5.32 Å². The summed E-state index contributed by atoms with van der Waals surface area (Å²) in [6.45, 7) is 2.77. The van der Waals surface area contributed by atoms with Gasteiger partial charge in [-0.1, -0.05) is 6.42 Å². The fourth-order valence-electron chi connectivity index (χ4n) is 2.91. The predicted octanol–water partition coefficient (Wildman–Crippen LogP) is 3.47. The lowest BCUT2D eigenvalue weighted by molar-refractivity contribution is 0.180. The molecule has 0 radical (unpaired) electrons. The van der Waals surface area contributed by atoms with Crippen molar-refractivity contribution < 1.29 is 9.13 Å². The Morgan fingerprint density at radius 1 is 1.16 bits per heavy atom. The molecule has 19 heavy (non-hydrogen) atoms. The molecule has 2 nitrogen and oxygen atoms in total. The Morgan fingerprint density at radius 3 is 2.74 bits per heavy atom. The van der Waals surface area contributed by atoms with Gasteiger partial charge in [0, 0.05) is 12.6 Å². The van der Waals surface area contributed by atoms with Crippen molar-refractivity contribution in [1.82, 2.24) is 5.32 Å². The number of hydrogen-bond acceptors (Lipinski definition) is 2. The Hall–Kier alpha value is -1.09. The second-order valence-electron chi connectivity index (χ2n) is 5.87. The van der Waals surface area contributed by atoms with Gasteiger partial charge in [0.15, 0.2) is 0 Å². The summed E-state index contributed by atoms with van der Waals surface area (Å²) in [6, 6.07) is 5.20. The third kappa shape index (κ3) is 3.27. The first-order valence-corrected chi connectivity index (χ1v) is 7.45. The molecule has 1 saturated heterocycles. The van der Waals surface area contributed by atoms with Gasteiger partial charge in [-0.05, 0) is 61.8 Å². The van der Waals surface area contributed by atoms with Crippen LogP contribution in [0.3, 0.4) is 0 Å². The second kappa shape index (κ2) is 5.91. The molecule has 0 spiro atoms. The Balaban J connectivity index is 1.67.